The van der Waals surface area contributed by atoms with Gasteiger partial charge in [0.25, 0.3) is 0 Å². The molecule has 0 saturated heterocycles. The second-order valence-corrected chi connectivity index (χ2v) is 3.58. The van der Waals surface area contributed by atoms with Crippen LogP contribution in [0.1, 0.15) is 16.1 Å². The quantitative estimate of drug-likeness (QED) is 0.785. The number of halogens is 3. The van der Waals surface area contributed by atoms with E-state index in [2.05, 4.69) is 15.0 Å². The van der Waals surface area contributed by atoms with E-state index >= 15 is 0 Å². The van der Waals surface area contributed by atoms with Gasteiger partial charge in [0, 0.05) is 0 Å². The Hall–Kier alpha value is -2.38. The summed E-state index contributed by atoms with van der Waals surface area (Å²) in [7, 11) is 1.19. The zero-order chi connectivity index (χ0) is 14.0. The Labute approximate surface area is 105 Å². The largest absolute Gasteiger partial charge is 0.464 e. The van der Waals surface area contributed by atoms with Gasteiger partial charge in [-0.05, 0) is 24.3 Å². The van der Waals surface area contributed by atoms with Crippen LogP contribution in [-0.4, -0.2) is 28.1 Å². The fourth-order valence-corrected chi connectivity index (χ4v) is 1.39. The molecule has 2 aromatic rings. The van der Waals surface area contributed by atoms with Crippen LogP contribution in [0.5, 0.6) is 0 Å². The fourth-order valence-electron chi connectivity index (χ4n) is 1.39. The summed E-state index contributed by atoms with van der Waals surface area (Å²) in [6.45, 7) is 0. The van der Waals surface area contributed by atoms with Crippen LogP contribution >= 0.6 is 0 Å². The molecule has 1 aromatic heterocycles. The summed E-state index contributed by atoms with van der Waals surface area (Å²) < 4.78 is 42.8. The summed E-state index contributed by atoms with van der Waals surface area (Å²) in [5.74, 6) is -0.668. The number of alkyl halides is 3. The first-order chi connectivity index (χ1) is 8.91. The van der Waals surface area contributed by atoms with Crippen molar-refractivity contribution in [2.75, 3.05) is 7.11 Å². The molecule has 1 heterocycles. The van der Waals surface area contributed by atoms with Gasteiger partial charge in [-0.3, -0.25) is 0 Å². The minimum Gasteiger partial charge on any atom is -0.464 e. The highest BCUT2D eigenvalue weighted by Crippen LogP contribution is 2.29. The number of benzene rings is 1. The maximum atomic E-state index is 12.4. The lowest BCUT2D eigenvalue weighted by atomic mass is 10.2. The zero-order valence-corrected chi connectivity index (χ0v) is 9.68. The van der Waals surface area contributed by atoms with Crippen molar-refractivity contribution in [3.05, 3.63) is 41.7 Å². The van der Waals surface area contributed by atoms with Crippen molar-refractivity contribution in [1.82, 2.24) is 15.0 Å². The number of methoxy groups -OCH3 is 1. The smallest absolute Gasteiger partial charge is 0.416 e. The van der Waals surface area contributed by atoms with Gasteiger partial charge in [-0.1, -0.05) is 5.21 Å². The molecule has 8 heteroatoms. The summed E-state index contributed by atoms with van der Waals surface area (Å²) in [6, 6.07) is 4.32. The average Bonchev–Trinajstić information content (AvgIpc) is 2.86. The Morgan fingerprint density at radius 1 is 1.26 bits per heavy atom. The summed E-state index contributed by atoms with van der Waals surface area (Å²) >= 11 is 0. The summed E-state index contributed by atoms with van der Waals surface area (Å²) in [6.07, 6.45) is -3.12. The van der Waals surface area contributed by atoms with Gasteiger partial charge < -0.3 is 4.74 Å². The van der Waals surface area contributed by atoms with Crippen molar-refractivity contribution in [2.45, 2.75) is 6.18 Å². The lowest BCUT2D eigenvalue weighted by Gasteiger charge is -2.06. The minimum atomic E-state index is -4.39. The van der Waals surface area contributed by atoms with Gasteiger partial charge in [-0.25, -0.2) is 9.48 Å². The molecule has 0 atom stereocenters. The van der Waals surface area contributed by atoms with Gasteiger partial charge in [0.1, 0.15) is 0 Å². The molecule has 1 aromatic carbocycles. The maximum Gasteiger partial charge on any atom is 0.416 e. The molecular formula is C11H8F3N3O2. The predicted octanol–water partition coefficient (Wildman–Crippen LogP) is 2.07. The molecule has 0 aliphatic heterocycles. The number of aromatic nitrogens is 3. The maximum absolute atomic E-state index is 12.4. The van der Waals surface area contributed by atoms with E-state index in [1.807, 2.05) is 0 Å². The molecule has 0 fully saturated rings. The van der Waals surface area contributed by atoms with Crippen molar-refractivity contribution in [1.29, 1.82) is 0 Å². The van der Waals surface area contributed by atoms with E-state index in [1.165, 1.54) is 30.1 Å². The molecule has 0 bridgehead atoms. The Balaban J connectivity index is 2.28. The first kappa shape index (κ1) is 13.1. The average molecular weight is 271 g/mol. The van der Waals surface area contributed by atoms with Gasteiger partial charge in [0.2, 0.25) is 0 Å². The van der Waals surface area contributed by atoms with Crippen LogP contribution in [0.25, 0.3) is 5.69 Å². The number of ether oxygens (including phenoxy) is 1. The predicted molar refractivity (Wildman–Crippen MR) is 57.7 cm³/mol. The van der Waals surface area contributed by atoms with Crippen molar-refractivity contribution in [3.63, 3.8) is 0 Å². The van der Waals surface area contributed by atoms with Crippen LogP contribution < -0.4 is 0 Å². The van der Waals surface area contributed by atoms with Crippen molar-refractivity contribution in [3.8, 4) is 5.69 Å². The standard InChI is InChI=1S/C11H8F3N3O2/c1-19-10(18)9-6-17(16-15-9)8-4-2-7(3-5-8)11(12,13)14/h2-6H,1H3. The molecular weight excluding hydrogens is 263 g/mol. The number of rotatable bonds is 2. The third kappa shape index (κ3) is 2.72. The van der Waals surface area contributed by atoms with Crippen molar-refractivity contribution < 1.29 is 22.7 Å². The van der Waals surface area contributed by atoms with Crippen molar-refractivity contribution >= 4 is 5.97 Å². The van der Waals surface area contributed by atoms with Crippen LogP contribution in [-0.2, 0) is 10.9 Å². The molecule has 0 radical (unpaired) electrons. The van der Waals surface area contributed by atoms with E-state index in [4.69, 9.17) is 0 Å². The van der Waals surface area contributed by atoms with Crippen molar-refractivity contribution in [2.24, 2.45) is 0 Å². The highest BCUT2D eigenvalue weighted by molar-refractivity contribution is 5.86. The van der Waals surface area contributed by atoms with Crippen LogP contribution in [0.15, 0.2) is 30.5 Å². The molecule has 19 heavy (non-hydrogen) atoms. The third-order valence-corrected chi connectivity index (χ3v) is 2.35. The molecule has 0 aliphatic rings. The normalized spacial score (nSPS) is 11.4. The van der Waals surface area contributed by atoms with E-state index in [0.29, 0.717) is 5.69 Å². The van der Waals surface area contributed by atoms with Crippen LogP contribution in [0.4, 0.5) is 13.2 Å². The highest BCUT2D eigenvalue weighted by atomic mass is 19.4. The van der Waals surface area contributed by atoms with E-state index in [0.717, 1.165) is 12.1 Å². The van der Waals surface area contributed by atoms with E-state index < -0.39 is 17.7 Å². The van der Waals surface area contributed by atoms with Crippen LogP contribution in [0, 0.1) is 0 Å². The highest BCUT2D eigenvalue weighted by Gasteiger charge is 2.30. The van der Waals surface area contributed by atoms with Crippen LogP contribution in [0.3, 0.4) is 0 Å². The van der Waals surface area contributed by atoms with Gasteiger partial charge in [-0.2, -0.15) is 13.2 Å². The minimum absolute atomic E-state index is 0.0256. The number of hydrogen-bond donors (Lipinski definition) is 0. The SMILES string of the molecule is COC(=O)c1cn(-c2ccc(C(F)(F)F)cc2)nn1. The zero-order valence-electron chi connectivity index (χ0n) is 9.68. The number of nitrogens with zero attached hydrogens (tertiary/aromatic N) is 3. The molecule has 0 aliphatic carbocycles. The van der Waals surface area contributed by atoms with Gasteiger partial charge in [0.05, 0.1) is 24.6 Å². The third-order valence-electron chi connectivity index (χ3n) is 2.35. The Bertz CT molecular complexity index is 590. The fraction of sp³-hybridized carbons (Fsp3) is 0.182. The molecule has 0 unspecified atom stereocenters. The lowest BCUT2D eigenvalue weighted by molar-refractivity contribution is -0.137. The summed E-state index contributed by atoms with van der Waals surface area (Å²) in [5, 5.41) is 7.18. The van der Waals surface area contributed by atoms with Gasteiger partial charge in [0.15, 0.2) is 5.69 Å². The van der Waals surface area contributed by atoms with E-state index in [9.17, 15) is 18.0 Å². The molecule has 5 nitrogen and oxygen atoms in total. The number of esters is 1. The molecule has 100 valence electrons. The number of hydrogen-bond acceptors (Lipinski definition) is 4. The van der Waals surface area contributed by atoms with E-state index in [-0.39, 0.29) is 5.69 Å². The second-order valence-electron chi connectivity index (χ2n) is 3.58. The lowest BCUT2D eigenvalue weighted by Crippen LogP contribution is -2.05. The topological polar surface area (TPSA) is 57.0 Å². The first-order valence-electron chi connectivity index (χ1n) is 5.10. The van der Waals surface area contributed by atoms with E-state index in [1.54, 1.807) is 0 Å². The number of carbonyl (C=O) groups is 1. The summed E-state index contributed by atoms with van der Waals surface area (Å²) in [5.41, 5.74) is -0.428. The molecule has 2 rings (SSSR count). The Morgan fingerprint density at radius 2 is 1.89 bits per heavy atom. The van der Waals surface area contributed by atoms with Gasteiger partial charge >= 0.3 is 12.1 Å². The number of carbonyl (C=O) groups excluding carboxylic acids is 1. The Morgan fingerprint density at radius 3 is 2.42 bits per heavy atom. The van der Waals surface area contributed by atoms with Gasteiger partial charge in [-0.15, -0.1) is 5.10 Å². The Kier molecular flexibility index (Phi) is 3.24. The summed E-state index contributed by atoms with van der Waals surface area (Å²) in [4.78, 5) is 11.2. The second kappa shape index (κ2) is 4.71. The monoisotopic (exact) mass is 271 g/mol. The molecule has 0 amide bonds. The van der Waals surface area contributed by atoms with Crippen LogP contribution in [0.2, 0.25) is 0 Å². The molecule has 0 saturated carbocycles. The first-order valence-corrected chi connectivity index (χ1v) is 5.10. The molecule has 0 spiro atoms. The molecule has 0 N–H and O–H groups in total.